The van der Waals surface area contributed by atoms with E-state index in [9.17, 15) is 0 Å². The molecule has 0 aromatic heterocycles. The summed E-state index contributed by atoms with van der Waals surface area (Å²) in [6.45, 7) is 9.87. The summed E-state index contributed by atoms with van der Waals surface area (Å²) in [5, 5.41) is 0. The van der Waals surface area contributed by atoms with Crippen molar-refractivity contribution in [1.82, 2.24) is 0 Å². The van der Waals surface area contributed by atoms with E-state index in [4.69, 9.17) is 0 Å². The van der Waals surface area contributed by atoms with Gasteiger partial charge in [-0.3, -0.25) is 0 Å². The molecular formula is C19H24. The molecule has 0 heteroatoms. The number of hydrogen-bond donors (Lipinski definition) is 0. The molecule has 0 aliphatic heterocycles. The van der Waals surface area contributed by atoms with Gasteiger partial charge in [0.25, 0.3) is 0 Å². The van der Waals surface area contributed by atoms with Crippen molar-refractivity contribution in [3.63, 3.8) is 0 Å². The first-order valence-electron chi connectivity index (χ1n) is 6.87. The minimum Gasteiger partial charge on any atom is -0.0906 e. The van der Waals surface area contributed by atoms with E-state index >= 15 is 0 Å². The molecule has 100 valence electrons. The molecule has 0 aromatic carbocycles. The van der Waals surface area contributed by atoms with E-state index in [0.29, 0.717) is 0 Å². The Morgan fingerprint density at radius 2 is 1.79 bits per heavy atom. The van der Waals surface area contributed by atoms with Crippen LogP contribution in [0.5, 0.6) is 0 Å². The monoisotopic (exact) mass is 252 g/mol. The van der Waals surface area contributed by atoms with Gasteiger partial charge in [0, 0.05) is 0 Å². The lowest BCUT2D eigenvalue weighted by atomic mass is 9.86. The molecule has 0 aliphatic rings. The van der Waals surface area contributed by atoms with E-state index in [1.54, 1.807) is 6.08 Å². The first-order chi connectivity index (χ1) is 9.24. The molecule has 0 nitrogen and oxygen atoms in total. The van der Waals surface area contributed by atoms with Gasteiger partial charge in [0.05, 0.1) is 5.41 Å². The molecule has 0 aromatic rings. The Bertz CT molecular complexity index is 452. The maximum Gasteiger partial charge on any atom is 0.0864 e. The minimum absolute atomic E-state index is 0.338. The molecule has 0 N–H and O–H groups in total. The molecule has 0 amide bonds. The van der Waals surface area contributed by atoms with Crippen LogP contribution in [0.3, 0.4) is 0 Å². The molecular weight excluding hydrogens is 228 g/mol. The minimum atomic E-state index is -0.338. The molecule has 0 saturated heterocycles. The van der Waals surface area contributed by atoms with Crippen molar-refractivity contribution in [2.45, 2.75) is 40.0 Å². The fourth-order valence-corrected chi connectivity index (χ4v) is 1.55. The van der Waals surface area contributed by atoms with Gasteiger partial charge in [0.15, 0.2) is 0 Å². The number of unbranched alkanes of at least 4 members (excludes halogenated alkanes) is 1. The predicted molar refractivity (Wildman–Crippen MR) is 86.5 cm³/mol. The smallest absolute Gasteiger partial charge is 0.0864 e. The van der Waals surface area contributed by atoms with Gasteiger partial charge in [-0.15, -0.1) is 0 Å². The molecule has 1 unspecified atom stereocenters. The molecule has 19 heavy (non-hydrogen) atoms. The Labute approximate surface area is 119 Å². The highest BCUT2D eigenvalue weighted by Crippen LogP contribution is 2.23. The summed E-state index contributed by atoms with van der Waals surface area (Å²) in [5.74, 6) is 11.7. The Kier molecular flexibility index (Phi) is 10.1. The van der Waals surface area contributed by atoms with Crippen LogP contribution in [-0.4, -0.2) is 0 Å². The van der Waals surface area contributed by atoms with Crippen LogP contribution < -0.4 is 0 Å². The highest BCUT2D eigenvalue weighted by molar-refractivity contribution is 5.40. The van der Waals surface area contributed by atoms with Crippen molar-refractivity contribution in [1.29, 1.82) is 0 Å². The van der Waals surface area contributed by atoms with Gasteiger partial charge in [-0.05, 0) is 37.7 Å². The zero-order valence-corrected chi connectivity index (χ0v) is 12.4. The summed E-state index contributed by atoms with van der Waals surface area (Å²) >= 11 is 0. The highest BCUT2D eigenvalue weighted by Gasteiger charge is 2.15. The van der Waals surface area contributed by atoms with Crippen molar-refractivity contribution in [2.75, 3.05) is 0 Å². The number of allylic oxidation sites excluding steroid dienone is 7. The predicted octanol–water partition coefficient (Wildman–Crippen LogP) is 5.06. The van der Waals surface area contributed by atoms with E-state index in [2.05, 4.69) is 74.5 Å². The fraction of sp³-hybridized carbons (Fsp3) is 0.368. The van der Waals surface area contributed by atoms with Crippen LogP contribution in [0.1, 0.15) is 40.0 Å². The summed E-state index contributed by atoms with van der Waals surface area (Å²) in [6, 6.07) is 0. The quantitative estimate of drug-likeness (QED) is 0.457. The Balaban J connectivity index is 5.39. The van der Waals surface area contributed by atoms with Crippen LogP contribution in [0.4, 0.5) is 0 Å². The van der Waals surface area contributed by atoms with Gasteiger partial charge in [0.1, 0.15) is 0 Å². The topological polar surface area (TPSA) is 0 Å². The van der Waals surface area contributed by atoms with Gasteiger partial charge in [-0.25, -0.2) is 0 Å². The van der Waals surface area contributed by atoms with Crippen LogP contribution in [0.2, 0.25) is 0 Å². The molecule has 0 radical (unpaired) electrons. The number of hydrogen-bond acceptors (Lipinski definition) is 0. The summed E-state index contributed by atoms with van der Waals surface area (Å²) in [6.07, 6.45) is 17.5. The van der Waals surface area contributed by atoms with E-state index in [-0.39, 0.29) is 5.41 Å². The SMILES string of the molecule is C=CC#CC#CC(C=CC)(C=CCC)C=CCCC. The second-order valence-corrected chi connectivity index (χ2v) is 4.16. The van der Waals surface area contributed by atoms with Gasteiger partial charge in [-0.1, -0.05) is 75.1 Å². The van der Waals surface area contributed by atoms with Crippen molar-refractivity contribution in [3.8, 4) is 23.7 Å². The van der Waals surface area contributed by atoms with E-state index in [1.165, 1.54) is 0 Å². The third kappa shape index (κ3) is 7.91. The second kappa shape index (κ2) is 11.2. The van der Waals surface area contributed by atoms with Crippen LogP contribution >= 0.6 is 0 Å². The van der Waals surface area contributed by atoms with Crippen molar-refractivity contribution in [3.05, 3.63) is 49.1 Å². The maximum atomic E-state index is 3.56. The molecule has 1 atom stereocenters. The van der Waals surface area contributed by atoms with E-state index in [0.717, 1.165) is 19.3 Å². The van der Waals surface area contributed by atoms with Crippen LogP contribution in [0.15, 0.2) is 49.1 Å². The van der Waals surface area contributed by atoms with Crippen molar-refractivity contribution >= 4 is 0 Å². The van der Waals surface area contributed by atoms with Crippen LogP contribution in [0.25, 0.3) is 0 Å². The van der Waals surface area contributed by atoms with E-state index < -0.39 is 0 Å². The molecule has 0 rings (SSSR count). The largest absolute Gasteiger partial charge is 0.0906 e. The van der Waals surface area contributed by atoms with Gasteiger partial charge in [-0.2, -0.15) is 0 Å². The average Bonchev–Trinajstić information content (AvgIpc) is 2.42. The van der Waals surface area contributed by atoms with Crippen LogP contribution in [-0.2, 0) is 0 Å². The standard InChI is InChI=1S/C19H24/c1-5-9-12-14-18-19(15-8-4,16-11-7-3)17-13-10-6-2/h5,8,11,13,15-17H,1,6-7,10H2,2-4H3. The Morgan fingerprint density at radius 1 is 1.05 bits per heavy atom. The van der Waals surface area contributed by atoms with Crippen molar-refractivity contribution in [2.24, 2.45) is 5.41 Å². The van der Waals surface area contributed by atoms with Gasteiger partial charge < -0.3 is 0 Å². The Hall–Kier alpha value is -1.92. The van der Waals surface area contributed by atoms with Crippen molar-refractivity contribution < 1.29 is 0 Å². The van der Waals surface area contributed by atoms with E-state index in [1.807, 2.05) is 13.0 Å². The fourth-order valence-electron chi connectivity index (χ4n) is 1.55. The summed E-state index contributed by atoms with van der Waals surface area (Å²) in [7, 11) is 0. The molecule has 0 fully saturated rings. The maximum absolute atomic E-state index is 3.56. The van der Waals surface area contributed by atoms with Gasteiger partial charge >= 0.3 is 0 Å². The van der Waals surface area contributed by atoms with Gasteiger partial charge in [0.2, 0.25) is 0 Å². The highest BCUT2D eigenvalue weighted by atomic mass is 14.2. The third-order valence-corrected chi connectivity index (χ3v) is 2.44. The summed E-state index contributed by atoms with van der Waals surface area (Å²) < 4.78 is 0. The molecule has 0 bridgehead atoms. The third-order valence-electron chi connectivity index (χ3n) is 2.44. The van der Waals surface area contributed by atoms with Crippen LogP contribution in [0, 0.1) is 29.1 Å². The first kappa shape index (κ1) is 17.1. The lowest BCUT2D eigenvalue weighted by Crippen LogP contribution is -2.08. The first-order valence-corrected chi connectivity index (χ1v) is 6.87. The molecule has 0 heterocycles. The number of rotatable bonds is 6. The Morgan fingerprint density at radius 3 is 2.37 bits per heavy atom. The molecule has 0 aliphatic carbocycles. The normalized spacial score (nSPS) is 13.8. The zero-order valence-electron chi connectivity index (χ0n) is 12.4. The molecule has 0 spiro atoms. The average molecular weight is 252 g/mol. The lowest BCUT2D eigenvalue weighted by Gasteiger charge is -2.15. The summed E-state index contributed by atoms with van der Waals surface area (Å²) in [4.78, 5) is 0. The zero-order chi connectivity index (χ0) is 14.4. The summed E-state index contributed by atoms with van der Waals surface area (Å²) in [5.41, 5.74) is -0.338. The molecule has 0 saturated carbocycles. The second-order valence-electron chi connectivity index (χ2n) is 4.16. The lowest BCUT2D eigenvalue weighted by molar-refractivity contribution is 0.833.